The third-order valence-corrected chi connectivity index (χ3v) is 6.17. The van der Waals surface area contributed by atoms with Crippen molar-refractivity contribution >= 4 is 56.4 Å². The maximum Gasteiger partial charge on any atom is 0.432 e. The molecule has 0 fully saturated rings. The first kappa shape index (κ1) is 26.1. The number of rotatable bonds is 8. The summed E-state index contributed by atoms with van der Waals surface area (Å²) >= 11 is 7.72. The zero-order chi connectivity index (χ0) is 24.1. The van der Waals surface area contributed by atoms with Crippen molar-refractivity contribution in [1.29, 1.82) is 0 Å². The van der Waals surface area contributed by atoms with E-state index in [4.69, 9.17) is 22.1 Å². The number of sulfone groups is 1. The highest BCUT2D eigenvalue weighted by molar-refractivity contribution is 7.98. The monoisotopic (exact) mass is 528 g/mol. The Kier molecular flexibility index (Phi) is 8.67. The molecule has 0 radical (unpaired) electrons. The van der Waals surface area contributed by atoms with Gasteiger partial charge in [0.15, 0.2) is 20.7 Å². The van der Waals surface area contributed by atoms with Gasteiger partial charge in [-0.3, -0.25) is 9.79 Å². The van der Waals surface area contributed by atoms with Crippen molar-refractivity contribution in [2.75, 3.05) is 25.0 Å². The summed E-state index contributed by atoms with van der Waals surface area (Å²) in [6.07, 6.45) is -2.24. The highest BCUT2D eigenvalue weighted by Gasteiger charge is 2.36. The zero-order valence-electron chi connectivity index (χ0n) is 16.5. The number of nitrogens with two attached hydrogens (primary N) is 1. The minimum atomic E-state index is -4.95. The van der Waals surface area contributed by atoms with E-state index in [-0.39, 0.29) is 21.7 Å². The van der Waals surface area contributed by atoms with Crippen LogP contribution in [0.3, 0.4) is 0 Å². The lowest BCUT2D eigenvalue weighted by Gasteiger charge is -2.10. The molecule has 2 aromatic rings. The van der Waals surface area contributed by atoms with E-state index in [1.807, 2.05) is 0 Å². The number of aromatic nitrogens is 2. The number of allylic oxidation sites excluding steroid dienone is 2. The first-order valence-electron chi connectivity index (χ1n) is 8.41. The molecule has 0 aliphatic carbocycles. The zero-order valence-corrected chi connectivity index (χ0v) is 19.7. The summed E-state index contributed by atoms with van der Waals surface area (Å²) in [6.45, 7) is -0.629. The molecule has 174 valence electrons. The average Bonchev–Trinajstić information content (AvgIpc) is 3.20. The van der Waals surface area contributed by atoms with Gasteiger partial charge in [-0.15, -0.1) is 11.8 Å². The molecule has 1 aromatic carbocycles. The highest BCUT2D eigenvalue weighted by atomic mass is 35.5. The van der Waals surface area contributed by atoms with E-state index in [9.17, 15) is 26.4 Å². The standard InChI is InChI=1S/C17H16ClF3N4O4S3/c1-30-8-29-11(26)7-23-13(12(18)14(22)17(19,20)21)16-24-15(25-31-16)9-4-3-5-10(6-9)32(2,27)28/h3-6H,7-8,22H2,1-2H3/b14-12+,23-13?. The van der Waals surface area contributed by atoms with Crippen LogP contribution in [0.2, 0.25) is 0 Å². The minimum Gasteiger partial charge on any atom is -0.453 e. The van der Waals surface area contributed by atoms with E-state index in [1.54, 1.807) is 6.26 Å². The number of carbonyl (C=O) groups is 1. The van der Waals surface area contributed by atoms with E-state index in [2.05, 4.69) is 14.3 Å². The Morgan fingerprint density at radius 2 is 2.06 bits per heavy atom. The molecule has 2 rings (SSSR count). The summed E-state index contributed by atoms with van der Waals surface area (Å²) in [5.41, 5.74) is 3.31. The van der Waals surface area contributed by atoms with Crippen molar-refractivity contribution in [3.05, 3.63) is 40.0 Å². The van der Waals surface area contributed by atoms with Gasteiger partial charge in [0, 0.05) is 11.8 Å². The molecule has 0 aliphatic rings. The highest BCUT2D eigenvalue weighted by Crippen LogP contribution is 2.29. The largest absolute Gasteiger partial charge is 0.453 e. The quantitative estimate of drug-likeness (QED) is 0.314. The van der Waals surface area contributed by atoms with Crippen LogP contribution in [-0.4, -0.2) is 60.6 Å². The molecule has 32 heavy (non-hydrogen) atoms. The topological polar surface area (TPSA) is 125 Å². The van der Waals surface area contributed by atoms with E-state index in [0.717, 1.165) is 6.26 Å². The summed E-state index contributed by atoms with van der Waals surface area (Å²) in [6, 6.07) is 5.69. The maximum atomic E-state index is 13.1. The molecule has 1 aromatic heterocycles. The Labute approximate surface area is 194 Å². The van der Waals surface area contributed by atoms with E-state index >= 15 is 0 Å². The van der Waals surface area contributed by atoms with Gasteiger partial charge in [-0.2, -0.15) is 17.5 Å². The van der Waals surface area contributed by atoms with Gasteiger partial charge in [0.1, 0.15) is 23.9 Å². The fourth-order valence-corrected chi connectivity index (χ4v) is 4.03. The van der Waals surface area contributed by atoms with Crippen molar-refractivity contribution in [1.82, 2.24) is 9.36 Å². The van der Waals surface area contributed by atoms with Gasteiger partial charge in [0.2, 0.25) is 0 Å². The van der Waals surface area contributed by atoms with Crippen molar-refractivity contribution < 1.29 is 31.1 Å². The molecule has 0 aliphatic heterocycles. The van der Waals surface area contributed by atoms with Crippen LogP contribution in [0.25, 0.3) is 11.4 Å². The molecule has 2 N–H and O–H groups in total. The molecule has 0 spiro atoms. The van der Waals surface area contributed by atoms with Crippen LogP contribution in [0.4, 0.5) is 13.2 Å². The van der Waals surface area contributed by atoms with Gasteiger partial charge in [-0.25, -0.2) is 13.4 Å². The Hall–Kier alpha value is -2.16. The van der Waals surface area contributed by atoms with Gasteiger partial charge < -0.3 is 10.5 Å². The second kappa shape index (κ2) is 10.6. The number of thioether (sulfide) groups is 1. The molecule has 0 unspecified atom stereocenters. The fourth-order valence-electron chi connectivity index (χ4n) is 2.10. The van der Waals surface area contributed by atoms with Crippen LogP contribution in [0.15, 0.2) is 44.9 Å². The molecule has 15 heteroatoms. The number of hydrogen-bond donors (Lipinski definition) is 1. The minimum absolute atomic E-state index is 0.0102. The predicted octanol–water partition coefficient (Wildman–Crippen LogP) is 3.23. The van der Waals surface area contributed by atoms with Crippen LogP contribution in [0.5, 0.6) is 0 Å². The smallest absolute Gasteiger partial charge is 0.432 e. The van der Waals surface area contributed by atoms with Gasteiger partial charge in [-0.1, -0.05) is 23.7 Å². The van der Waals surface area contributed by atoms with E-state index in [1.165, 1.54) is 36.0 Å². The van der Waals surface area contributed by atoms with Gasteiger partial charge in [0.05, 0.1) is 9.93 Å². The lowest BCUT2D eigenvalue weighted by Crippen LogP contribution is -2.23. The number of hydrogen-bond acceptors (Lipinski definition) is 10. The van der Waals surface area contributed by atoms with Crippen molar-refractivity contribution in [2.45, 2.75) is 11.1 Å². The number of benzene rings is 1. The van der Waals surface area contributed by atoms with Crippen LogP contribution >= 0.6 is 34.9 Å². The number of alkyl halides is 3. The molecule has 0 saturated carbocycles. The second-order valence-corrected chi connectivity index (χ2v) is 9.99. The number of nitrogens with zero attached hydrogens (tertiary/aromatic N) is 3. The SMILES string of the molecule is CSCOC(=O)CN=C(/C(Cl)=C(\N)C(F)(F)F)c1nc(-c2cccc(S(C)(=O)=O)c2)ns1. The lowest BCUT2D eigenvalue weighted by molar-refractivity contribution is -0.139. The Bertz CT molecular complexity index is 1160. The first-order chi connectivity index (χ1) is 14.8. The van der Waals surface area contributed by atoms with Crippen molar-refractivity contribution in [3.63, 3.8) is 0 Å². The maximum absolute atomic E-state index is 13.1. The second-order valence-electron chi connectivity index (χ2n) is 6.04. The third kappa shape index (κ3) is 6.92. The van der Waals surface area contributed by atoms with Gasteiger partial charge in [-0.05, 0) is 29.9 Å². The number of carbonyl (C=O) groups excluding carboxylic acids is 1. The number of esters is 1. The molecule has 0 atom stereocenters. The van der Waals surface area contributed by atoms with E-state index in [0.29, 0.717) is 17.1 Å². The Morgan fingerprint density at radius 1 is 1.38 bits per heavy atom. The molecule has 0 saturated heterocycles. The fraction of sp³-hybridized carbons (Fsp3) is 0.294. The van der Waals surface area contributed by atoms with Crippen LogP contribution < -0.4 is 5.73 Å². The Morgan fingerprint density at radius 3 is 2.66 bits per heavy atom. The molecule has 8 nitrogen and oxygen atoms in total. The summed E-state index contributed by atoms with van der Waals surface area (Å²) in [5, 5.41) is -1.11. The summed E-state index contributed by atoms with van der Waals surface area (Å²) in [7, 11) is -3.51. The molecule has 0 amide bonds. The third-order valence-electron chi connectivity index (χ3n) is 3.60. The molecular formula is C17H16ClF3N4O4S3. The predicted molar refractivity (Wildman–Crippen MR) is 117 cm³/mol. The van der Waals surface area contributed by atoms with E-state index < -0.39 is 45.0 Å². The Balaban J connectivity index is 2.50. The summed E-state index contributed by atoms with van der Waals surface area (Å²) in [4.78, 5) is 19.7. The van der Waals surface area contributed by atoms with Crippen LogP contribution in [0.1, 0.15) is 5.01 Å². The van der Waals surface area contributed by atoms with Crippen LogP contribution in [-0.2, 0) is 19.4 Å². The summed E-state index contributed by atoms with van der Waals surface area (Å²) < 4.78 is 71.6. The normalized spacial score (nSPS) is 13.6. The lowest BCUT2D eigenvalue weighted by atomic mass is 10.2. The first-order valence-corrected chi connectivity index (χ1v) is 12.8. The molecule has 0 bridgehead atoms. The van der Waals surface area contributed by atoms with Crippen molar-refractivity contribution in [2.24, 2.45) is 10.7 Å². The number of halogens is 4. The number of aliphatic imine (C=N–C) groups is 1. The summed E-state index contributed by atoms with van der Waals surface area (Å²) in [5.74, 6) is -0.724. The molecular weight excluding hydrogens is 513 g/mol. The molecule has 1 heterocycles. The number of ether oxygens (including phenoxy) is 1. The van der Waals surface area contributed by atoms with Crippen LogP contribution in [0, 0.1) is 0 Å². The average molecular weight is 529 g/mol. The van der Waals surface area contributed by atoms with Gasteiger partial charge in [0.25, 0.3) is 0 Å². The van der Waals surface area contributed by atoms with Crippen molar-refractivity contribution in [3.8, 4) is 11.4 Å². The van der Waals surface area contributed by atoms with Gasteiger partial charge >= 0.3 is 12.1 Å².